The molecule has 0 amide bonds. The van der Waals surface area contributed by atoms with Gasteiger partial charge in [-0.15, -0.1) is 0 Å². The van der Waals surface area contributed by atoms with Crippen molar-refractivity contribution in [1.29, 1.82) is 0 Å². The lowest BCUT2D eigenvalue weighted by molar-refractivity contribution is 1.17. The van der Waals surface area contributed by atoms with Gasteiger partial charge in [0.2, 0.25) is 6.71 Å². The van der Waals surface area contributed by atoms with E-state index in [9.17, 15) is 0 Å². The van der Waals surface area contributed by atoms with E-state index in [-0.39, 0.29) is 6.71 Å². The van der Waals surface area contributed by atoms with Gasteiger partial charge in [-0.3, -0.25) is 0 Å². The third-order valence-corrected chi connectivity index (χ3v) is 10.1. The molecule has 0 bridgehead atoms. The second kappa shape index (κ2) is 9.85. The van der Waals surface area contributed by atoms with Crippen LogP contribution in [0.5, 0.6) is 0 Å². The predicted molar refractivity (Wildman–Crippen MR) is 195 cm³/mol. The Bertz CT molecular complexity index is 2580. The van der Waals surface area contributed by atoms with E-state index >= 15 is 0 Å². The average Bonchev–Trinajstić information content (AvgIpc) is 3.64. The molecule has 3 heteroatoms. The van der Waals surface area contributed by atoms with Gasteiger partial charge in [-0.25, -0.2) is 0 Å². The number of hydrogen-bond acceptors (Lipinski definition) is 0. The number of para-hydroxylation sites is 3. The molecule has 2 nitrogen and oxygen atoms in total. The summed E-state index contributed by atoms with van der Waals surface area (Å²) in [6.45, 7) is 0.199. The third kappa shape index (κ3) is 3.60. The molecule has 3 heterocycles. The Morgan fingerprint density at radius 1 is 0.391 bits per heavy atom. The van der Waals surface area contributed by atoms with Crippen LogP contribution in [0.4, 0.5) is 0 Å². The molecule has 9 aromatic rings. The highest BCUT2D eigenvalue weighted by molar-refractivity contribution is 6.96. The Hall–Kier alpha value is -5.80. The van der Waals surface area contributed by atoms with Crippen LogP contribution in [0.15, 0.2) is 164 Å². The number of hydrogen-bond donors (Lipinski definition) is 0. The zero-order valence-corrected chi connectivity index (χ0v) is 25.3. The molecule has 0 atom stereocenters. The highest BCUT2D eigenvalue weighted by atomic mass is 15.0. The molecule has 0 spiro atoms. The van der Waals surface area contributed by atoms with Gasteiger partial charge in [0.1, 0.15) is 0 Å². The third-order valence-electron chi connectivity index (χ3n) is 10.1. The second-order valence-corrected chi connectivity index (χ2v) is 12.5. The van der Waals surface area contributed by atoms with E-state index in [2.05, 4.69) is 173 Å². The van der Waals surface area contributed by atoms with Crippen LogP contribution in [-0.4, -0.2) is 15.8 Å². The highest BCUT2D eigenvalue weighted by Crippen LogP contribution is 2.42. The zero-order valence-electron chi connectivity index (χ0n) is 25.3. The smallest absolute Gasteiger partial charge is 0.242 e. The van der Waals surface area contributed by atoms with Crippen molar-refractivity contribution in [2.75, 3.05) is 0 Å². The number of rotatable bonds is 3. The Kier molecular flexibility index (Phi) is 5.47. The van der Waals surface area contributed by atoms with Crippen LogP contribution in [-0.2, 0) is 6.42 Å². The number of nitrogens with zero attached hydrogens (tertiary/aromatic N) is 2. The fourth-order valence-corrected chi connectivity index (χ4v) is 8.18. The maximum atomic E-state index is 2.48. The van der Waals surface area contributed by atoms with Gasteiger partial charge in [0.05, 0.1) is 22.1 Å². The van der Waals surface area contributed by atoms with Gasteiger partial charge in [-0.2, -0.15) is 0 Å². The fraction of sp³-hybridized carbons (Fsp3) is 0.0233. The molecular weight excluding hydrogens is 555 g/mol. The van der Waals surface area contributed by atoms with Crippen LogP contribution in [0.2, 0.25) is 0 Å². The van der Waals surface area contributed by atoms with E-state index in [0.717, 1.165) is 6.42 Å². The van der Waals surface area contributed by atoms with E-state index in [0.29, 0.717) is 0 Å². The molecule has 1 aliphatic rings. The zero-order chi connectivity index (χ0) is 30.2. The molecule has 0 saturated carbocycles. The quantitative estimate of drug-likeness (QED) is 0.185. The molecule has 214 valence electrons. The minimum Gasteiger partial charge on any atom is -0.309 e. The molecule has 7 aromatic carbocycles. The van der Waals surface area contributed by atoms with Crippen molar-refractivity contribution in [3.63, 3.8) is 0 Å². The van der Waals surface area contributed by atoms with E-state index < -0.39 is 0 Å². The van der Waals surface area contributed by atoms with Crippen LogP contribution in [0.25, 0.3) is 55.0 Å². The van der Waals surface area contributed by atoms with Gasteiger partial charge in [-0.1, -0.05) is 132 Å². The van der Waals surface area contributed by atoms with Crippen LogP contribution in [0.1, 0.15) is 11.1 Å². The molecule has 46 heavy (non-hydrogen) atoms. The summed E-state index contributed by atoms with van der Waals surface area (Å²) in [6, 6.07) is 60.3. The summed E-state index contributed by atoms with van der Waals surface area (Å²) in [5.41, 5.74) is 14.3. The predicted octanol–water partition coefficient (Wildman–Crippen LogP) is 8.30. The van der Waals surface area contributed by atoms with Crippen LogP contribution in [0, 0.1) is 0 Å². The molecule has 2 aromatic heterocycles. The van der Waals surface area contributed by atoms with E-state index in [1.54, 1.807) is 0 Å². The minimum atomic E-state index is 0.199. The van der Waals surface area contributed by atoms with Crippen LogP contribution >= 0.6 is 0 Å². The van der Waals surface area contributed by atoms with Crippen molar-refractivity contribution >= 4 is 66.7 Å². The van der Waals surface area contributed by atoms with Crippen molar-refractivity contribution in [2.45, 2.75) is 6.42 Å². The molecule has 0 aliphatic carbocycles. The molecule has 1 aliphatic heterocycles. The van der Waals surface area contributed by atoms with Gasteiger partial charge in [-0.05, 0) is 66.1 Å². The summed E-state index contributed by atoms with van der Waals surface area (Å²) in [4.78, 5) is 0. The van der Waals surface area contributed by atoms with Crippen molar-refractivity contribution in [3.05, 3.63) is 175 Å². The first kappa shape index (κ1) is 25.5. The number of aromatic nitrogens is 2. The first-order valence-electron chi connectivity index (χ1n) is 16.1. The summed E-state index contributed by atoms with van der Waals surface area (Å²) in [5, 5.41) is 5.16. The summed E-state index contributed by atoms with van der Waals surface area (Å²) >= 11 is 0. The largest absolute Gasteiger partial charge is 0.309 e. The molecule has 0 unspecified atom stereocenters. The molecule has 0 N–H and O–H groups in total. The lowest BCUT2D eigenvalue weighted by Crippen LogP contribution is -2.56. The van der Waals surface area contributed by atoms with E-state index in [4.69, 9.17) is 0 Å². The first-order valence-corrected chi connectivity index (χ1v) is 16.1. The van der Waals surface area contributed by atoms with Gasteiger partial charge in [0, 0.05) is 32.9 Å². The summed E-state index contributed by atoms with van der Waals surface area (Å²) in [5.74, 6) is 0. The van der Waals surface area contributed by atoms with Crippen molar-refractivity contribution < 1.29 is 0 Å². The maximum Gasteiger partial charge on any atom is 0.242 e. The lowest BCUT2D eigenvalue weighted by Gasteiger charge is -2.27. The number of fused-ring (bicyclic) bond motifs is 9. The SMILES string of the molecule is c1ccc(-n2c3ccccc3c3c4c5ccccc5n(-c5cccc(B6c7ccccc7Cc7ccccc76)c5)c4ccc32)cc1. The summed E-state index contributed by atoms with van der Waals surface area (Å²) in [6.07, 6.45) is 0.988. The number of benzene rings is 7. The highest BCUT2D eigenvalue weighted by Gasteiger charge is 2.30. The van der Waals surface area contributed by atoms with Crippen LogP contribution in [0.3, 0.4) is 0 Å². The average molecular weight is 585 g/mol. The summed E-state index contributed by atoms with van der Waals surface area (Å²) < 4.78 is 4.89. The van der Waals surface area contributed by atoms with Crippen LogP contribution < -0.4 is 16.4 Å². The van der Waals surface area contributed by atoms with Gasteiger partial charge >= 0.3 is 0 Å². The topological polar surface area (TPSA) is 9.86 Å². The second-order valence-electron chi connectivity index (χ2n) is 12.5. The molecule has 10 rings (SSSR count). The Balaban J connectivity index is 1.26. The minimum absolute atomic E-state index is 0.199. The molecule has 0 fully saturated rings. The molecule has 0 radical (unpaired) electrons. The first-order chi connectivity index (χ1) is 22.8. The lowest BCUT2D eigenvalue weighted by atomic mass is 9.33. The van der Waals surface area contributed by atoms with Crippen molar-refractivity contribution in [3.8, 4) is 11.4 Å². The Labute approximate surface area is 267 Å². The Morgan fingerprint density at radius 2 is 0.891 bits per heavy atom. The normalized spacial score (nSPS) is 12.7. The van der Waals surface area contributed by atoms with Gasteiger partial charge < -0.3 is 9.13 Å². The van der Waals surface area contributed by atoms with Gasteiger partial charge in [0.25, 0.3) is 0 Å². The van der Waals surface area contributed by atoms with E-state index in [1.165, 1.54) is 82.5 Å². The standard InChI is InChI=1S/C43H29BN2/c1-2-16-32(17-3-1)45-38-23-10-6-19-34(38)42-40(45)25-26-41-43(42)35-20-7-11-24-39(35)46(41)33-18-12-15-31(28-33)44-36-21-8-4-13-29(36)27-30-14-5-9-22-37(30)44/h1-26,28H,27H2. The van der Waals surface area contributed by atoms with E-state index in [1.807, 2.05) is 0 Å². The fourth-order valence-electron chi connectivity index (χ4n) is 8.18. The van der Waals surface area contributed by atoms with Crippen molar-refractivity contribution in [1.82, 2.24) is 9.13 Å². The van der Waals surface area contributed by atoms with Gasteiger partial charge in [0.15, 0.2) is 0 Å². The summed E-state index contributed by atoms with van der Waals surface area (Å²) in [7, 11) is 0. The van der Waals surface area contributed by atoms with Crippen molar-refractivity contribution in [2.24, 2.45) is 0 Å². The Morgan fingerprint density at radius 3 is 1.52 bits per heavy atom. The molecule has 0 saturated heterocycles. The molecular formula is C43H29BN2. The maximum absolute atomic E-state index is 2.48. The monoisotopic (exact) mass is 584 g/mol.